The molecule has 1 aliphatic rings. The van der Waals surface area contributed by atoms with E-state index in [1.807, 2.05) is 5.38 Å². The van der Waals surface area contributed by atoms with Crippen LogP contribution in [0.2, 0.25) is 0 Å². The molecule has 0 aromatic carbocycles. The first-order chi connectivity index (χ1) is 28.6. The average Bonchev–Trinajstić information content (AvgIpc) is 4.05. The molecule has 4 heterocycles. The highest BCUT2D eigenvalue weighted by Crippen LogP contribution is 2.29. The number of carboxylic acids is 2. The van der Waals surface area contributed by atoms with Crippen molar-refractivity contribution in [3.63, 3.8) is 0 Å². The molecule has 0 saturated carbocycles. The minimum atomic E-state index is -1.67. The Kier molecular flexibility index (Phi) is 28.4. The van der Waals surface area contributed by atoms with Crippen LogP contribution in [0.5, 0.6) is 0 Å². The fraction of sp³-hybridized carbons (Fsp3) is 0.581. The van der Waals surface area contributed by atoms with Crippen LogP contribution >= 0.6 is 55.4 Å². The number of unbranched alkanes of at least 4 members (excludes halogenated alkanes) is 3. The molecule has 3 N–H and O–H groups in total. The largest absolute Gasteiger partial charge is 0.478 e. The highest BCUT2D eigenvalue weighted by molar-refractivity contribution is 8.26. The number of Topliss-reactive ketones (excluding diaryl/α,β-unsaturated/α-hetero) is 1. The van der Waals surface area contributed by atoms with Gasteiger partial charge in [0.1, 0.15) is 14.6 Å². The molecule has 1 aliphatic heterocycles. The van der Waals surface area contributed by atoms with Crippen LogP contribution in [-0.2, 0) is 9.23 Å². The third-order valence-electron chi connectivity index (χ3n) is 10.2. The van der Waals surface area contributed by atoms with Crippen molar-refractivity contribution in [2.24, 2.45) is 17.8 Å². The number of halogens is 2. The highest BCUT2D eigenvalue weighted by atomic mass is 36.0. The smallest absolute Gasteiger partial charge is 0.346 e. The summed E-state index contributed by atoms with van der Waals surface area (Å²) < 4.78 is 9.09. The summed E-state index contributed by atoms with van der Waals surface area (Å²) in [5.74, 6) is -1.08. The van der Waals surface area contributed by atoms with Gasteiger partial charge in [0.15, 0.2) is 5.78 Å². The van der Waals surface area contributed by atoms with E-state index >= 15 is 0 Å². The summed E-state index contributed by atoms with van der Waals surface area (Å²) in [5.41, 5.74) is 1.06. The van der Waals surface area contributed by atoms with E-state index in [0.29, 0.717) is 53.3 Å². The maximum absolute atomic E-state index is 12.1. The molecule has 3 aromatic heterocycles. The van der Waals surface area contributed by atoms with Gasteiger partial charge in [-0.25, -0.2) is 13.8 Å². The Bertz CT molecular complexity index is 1690. The van der Waals surface area contributed by atoms with E-state index < -0.39 is 21.2 Å². The van der Waals surface area contributed by atoms with Crippen molar-refractivity contribution in [2.45, 2.75) is 131 Å². The lowest BCUT2D eigenvalue weighted by Gasteiger charge is -2.21. The summed E-state index contributed by atoms with van der Waals surface area (Å²) in [6.07, 6.45) is 14.8. The van der Waals surface area contributed by atoms with Gasteiger partial charge in [0, 0.05) is 46.4 Å². The molecule has 0 spiro atoms. The zero-order chi connectivity index (χ0) is 45.2. The van der Waals surface area contributed by atoms with Crippen molar-refractivity contribution < 1.29 is 43.2 Å². The zero-order valence-electron chi connectivity index (χ0n) is 35.6. The Morgan fingerprint density at radius 2 is 1.18 bits per heavy atom. The van der Waals surface area contributed by atoms with Gasteiger partial charge in [-0.3, -0.25) is 24.1 Å². The molecule has 3 atom stereocenters. The van der Waals surface area contributed by atoms with Crippen LogP contribution in [0.4, 0.5) is 0 Å². The molecular formula is C43H62Cl2N2O9S4. The third-order valence-corrected chi connectivity index (χ3v) is 13.0. The van der Waals surface area contributed by atoms with E-state index in [1.54, 1.807) is 22.9 Å². The number of imide groups is 1. The molecule has 0 aliphatic carbocycles. The monoisotopic (exact) mass is 948 g/mol. The first-order valence-electron chi connectivity index (χ1n) is 20.7. The number of carbonyl (C=O) groups is 6. The molecule has 0 fully saturated rings. The van der Waals surface area contributed by atoms with Crippen molar-refractivity contribution in [1.29, 1.82) is 0 Å². The fourth-order valence-corrected chi connectivity index (χ4v) is 8.85. The van der Waals surface area contributed by atoms with Gasteiger partial charge in [-0.2, -0.15) is 0 Å². The Balaban J connectivity index is 0.000000430. The number of hydrogen-bond donors (Lipinski definition) is 3. The van der Waals surface area contributed by atoms with Crippen LogP contribution in [-0.4, -0.2) is 67.9 Å². The van der Waals surface area contributed by atoms with Gasteiger partial charge in [-0.05, 0) is 71.4 Å². The van der Waals surface area contributed by atoms with E-state index in [2.05, 4.69) is 68.2 Å². The number of thiophene rings is 3. The summed E-state index contributed by atoms with van der Waals surface area (Å²) in [7, 11) is 7.36. The maximum Gasteiger partial charge on any atom is 0.346 e. The SMILES string of the molecule is CCCCC(CC)CCC(=O)c1ccsc1C(=O)O.CCCCC(CC)CN1C(=O)c2ccsc2C1=O.CCCCC(CC)CNC(=O)c1sccc1C(=O)O.O=S(Cl)Cl. The third kappa shape index (κ3) is 19.4. The van der Waals surface area contributed by atoms with Crippen LogP contribution < -0.4 is 5.32 Å². The van der Waals surface area contributed by atoms with E-state index in [0.717, 1.165) is 82.0 Å². The van der Waals surface area contributed by atoms with Crippen LogP contribution in [0.15, 0.2) is 34.3 Å². The Hall–Kier alpha value is -2.95. The normalized spacial score (nSPS) is 13.2. The molecule has 0 radical (unpaired) electrons. The molecule has 3 aromatic rings. The van der Waals surface area contributed by atoms with Gasteiger partial charge in [0.2, 0.25) is 9.23 Å². The summed E-state index contributed by atoms with van der Waals surface area (Å²) in [4.78, 5) is 72.7. The van der Waals surface area contributed by atoms with Crippen molar-refractivity contribution in [3.05, 3.63) is 65.7 Å². The summed E-state index contributed by atoms with van der Waals surface area (Å²) in [5, 5.41) is 25.9. The van der Waals surface area contributed by atoms with Gasteiger partial charge < -0.3 is 15.5 Å². The highest BCUT2D eigenvalue weighted by Gasteiger charge is 2.37. The molecule has 0 saturated heterocycles. The van der Waals surface area contributed by atoms with Crippen LogP contribution in [0.1, 0.15) is 192 Å². The van der Waals surface area contributed by atoms with Crippen molar-refractivity contribution >= 4 is 100 Å². The standard InChI is InChI=1S/C15H22O3S.C14H21NO3S.C14H19NO2S.Cl2OS/c1-3-5-6-11(4-2)7-8-13(16)12-9-10-19-14(12)15(17)18;1-3-5-6-10(4-2)9-15-13(16)12-11(14(17)18)7-8-19-12;1-3-5-6-10(4-2)9-15-13(16)11-7-8-18-12(11)14(15)17;1-4(2)3/h9-11H,3-8H2,1-2H3,(H,17,18);7-8,10H,3-6,9H2,1-2H3,(H,15,16)(H,17,18);7-8,10H,3-6,9H2,1-2H3;. The predicted octanol–water partition coefficient (Wildman–Crippen LogP) is 12.6. The molecule has 11 nitrogen and oxygen atoms in total. The van der Waals surface area contributed by atoms with E-state index in [1.165, 1.54) is 46.5 Å². The van der Waals surface area contributed by atoms with Crippen molar-refractivity contribution in [1.82, 2.24) is 10.2 Å². The minimum Gasteiger partial charge on any atom is -0.478 e. The van der Waals surface area contributed by atoms with Gasteiger partial charge in [0.25, 0.3) is 17.7 Å². The summed E-state index contributed by atoms with van der Waals surface area (Å²) in [6.45, 7) is 14.1. The fourth-order valence-electron chi connectivity index (χ4n) is 6.47. The molecule has 60 heavy (non-hydrogen) atoms. The number of fused-ring (bicyclic) bond motifs is 1. The lowest BCUT2D eigenvalue weighted by molar-refractivity contribution is 0.0621. The molecule has 0 bridgehead atoms. The molecule has 4 rings (SSSR count). The summed E-state index contributed by atoms with van der Waals surface area (Å²) >= 11 is 3.66. The molecule has 3 amide bonds. The number of amides is 3. The predicted molar refractivity (Wildman–Crippen MR) is 248 cm³/mol. The first kappa shape index (κ1) is 55.1. The quantitative estimate of drug-likeness (QED) is 0.0474. The van der Waals surface area contributed by atoms with Gasteiger partial charge in [-0.1, -0.05) is 106 Å². The van der Waals surface area contributed by atoms with E-state index in [4.69, 9.17) is 14.4 Å². The zero-order valence-corrected chi connectivity index (χ0v) is 40.4. The molecule has 336 valence electrons. The minimum absolute atomic E-state index is 0.0337. The molecular weight excluding hydrogens is 888 g/mol. The second-order valence-electron chi connectivity index (χ2n) is 14.4. The van der Waals surface area contributed by atoms with Crippen LogP contribution in [0.25, 0.3) is 0 Å². The molecule has 3 unspecified atom stereocenters. The maximum atomic E-state index is 12.1. The molecule has 17 heteroatoms. The lowest BCUT2D eigenvalue weighted by Crippen LogP contribution is -2.34. The average molecular weight is 950 g/mol. The Morgan fingerprint density at radius 1 is 0.683 bits per heavy atom. The second-order valence-corrected chi connectivity index (χ2v) is 19.7. The number of hydrogen-bond acceptors (Lipinski definition) is 10. The number of ketones is 1. The number of nitrogens with one attached hydrogen (secondary N) is 1. The van der Waals surface area contributed by atoms with Gasteiger partial charge >= 0.3 is 11.9 Å². The summed E-state index contributed by atoms with van der Waals surface area (Å²) in [6, 6.07) is 4.85. The van der Waals surface area contributed by atoms with Crippen LogP contribution in [0.3, 0.4) is 0 Å². The number of nitrogens with zero attached hydrogens (tertiary/aromatic N) is 1. The van der Waals surface area contributed by atoms with Gasteiger partial charge in [-0.15, -0.1) is 34.0 Å². The van der Waals surface area contributed by atoms with Crippen LogP contribution in [0, 0.1) is 17.8 Å². The Labute approximate surface area is 379 Å². The number of aromatic carboxylic acids is 2. The van der Waals surface area contributed by atoms with Gasteiger partial charge in [0.05, 0.1) is 11.1 Å². The number of rotatable bonds is 23. The Morgan fingerprint density at radius 3 is 1.68 bits per heavy atom. The van der Waals surface area contributed by atoms with Crippen molar-refractivity contribution in [2.75, 3.05) is 13.1 Å². The first-order valence-corrected chi connectivity index (χ1v) is 26.2. The second kappa shape index (κ2) is 31.0. The van der Waals surface area contributed by atoms with E-state index in [-0.39, 0.29) is 38.8 Å². The number of carboxylic acid groups (broad SMARTS) is 2. The topological polar surface area (TPSA) is 175 Å². The van der Waals surface area contributed by atoms with E-state index in [9.17, 15) is 28.8 Å². The number of carbonyl (C=O) groups excluding carboxylic acids is 4. The van der Waals surface area contributed by atoms with Crippen molar-refractivity contribution in [3.8, 4) is 0 Å². The lowest BCUT2D eigenvalue weighted by atomic mass is 9.92.